The Kier molecular flexibility index (Phi) is 5.88. The van der Waals surface area contributed by atoms with E-state index in [2.05, 4.69) is 61.7 Å². The van der Waals surface area contributed by atoms with Crippen molar-refractivity contribution in [3.05, 3.63) is 90.1 Å². The smallest absolute Gasteiger partial charge is 0.224 e. The van der Waals surface area contributed by atoms with Crippen LogP contribution >= 0.6 is 0 Å². The van der Waals surface area contributed by atoms with E-state index in [1.165, 1.54) is 16.8 Å². The molecule has 1 aromatic carbocycles. The largest absolute Gasteiger partial charge is 0.357 e. The molecule has 7 nitrogen and oxygen atoms in total. The summed E-state index contributed by atoms with van der Waals surface area (Å²) in [6.07, 6.45) is 11.8. The molecule has 1 unspecified atom stereocenters. The van der Waals surface area contributed by atoms with Crippen LogP contribution < -0.4 is 5.32 Å². The number of benzene rings is 1. The summed E-state index contributed by atoms with van der Waals surface area (Å²) >= 11 is 0. The number of amides is 1. The Morgan fingerprint density at radius 2 is 1.95 bits per heavy atom. The van der Waals surface area contributed by atoms with Crippen LogP contribution in [0.3, 0.4) is 0 Å². The second-order valence-corrected chi connectivity index (χ2v) is 9.67. The van der Waals surface area contributed by atoms with Crippen LogP contribution in [0.2, 0.25) is 0 Å². The van der Waals surface area contributed by atoms with Crippen LogP contribution in [-0.2, 0) is 11.2 Å². The van der Waals surface area contributed by atoms with Gasteiger partial charge in [0.05, 0.1) is 23.1 Å². The average molecular weight is 489 g/mol. The number of nitrogens with one attached hydrogen (secondary N) is 3. The van der Waals surface area contributed by atoms with Crippen LogP contribution in [-0.4, -0.2) is 31.1 Å². The Bertz CT molecular complexity index is 1630. The molecule has 1 atom stereocenters. The van der Waals surface area contributed by atoms with Gasteiger partial charge in [0.2, 0.25) is 5.91 Å². The molecule has 7 heteroatoms. The number of H-pyrrole nitrogens is 2. The van der Waals surface area contributed by atoms with E-state index in [1.54, 1.807) is 12.4 Å². The number of fused-ring (bicyclic) bond motifs is 2. The van der Waals surface area contributed by atoms with Crippen LogP contribution in [0.5, 0.6) is 0 Å². The quantitative estimate of drug-likeness (QED) is 0.258. The predicted octanol–water partition coefficient (Wildman–Crippen LogP) is 6.38. The lowest BCUT2D eigenvalue weighted by Crippen LogP contribution is -2.10. The molecule has 1 aliphatic rings. The van der Waals surface area contributed by atoms with Gasteiger partial charge in [-0.15, -0.1) is 0 Å². The fourth-order valence-electron chi connectivity index (χ4n) is 5.07. The number of aromatic nitrogens is 5. The van der Waals surface area contributed by atoms with E-state index in [1.807, 2.05) is 43.6 Å². The fraction of sp³-hybridized carbons (Fsp3) is 0.200. The van der Waals surface area contributed by atoms with E-state index in [0.29, 0.717) is 18.0 Å². The zero-order valence-corrected chi connectivity index (χ0v) is 20.9. The van der Waals surface area contributed by atoms with Crippen LogP contribution in [0.15, 0.2) is 73.3 Å². The summed E-state index contributed by atoms with van der Waals surface area (Å²) in [5, 5.41) is 11.8. The summed E-state index contributed by atoms with van der Waals surface area (Å²) in [6.45, 7) is 4.23. The maximum Gasteiger partial charge on any atom is 0.224 e. The molecule has 0 spiro atoms. The van der Waals surface area contributed by atoms with E-state index < -0.39 is 0 Å². The lowest BCUT2D eigenvalue weighted by molar-refractivity contribution is -0.116. The molecule has 0 bridgehead atoms. The molecular weight excluding hydrogens is 460 g/mol. The minimum Gasteiger partial charge on any atom is -0.357 e. The molecule has 37 heavy (non-hydrogen) atoms. The van der Waals surface area contributed by atoms with Crippen molar-refractivity contribution in [1.82, 2.24) is 25.1 Å². The zero-order chi connectivity index (χ0) is 25.4. The minimum atomic E-state index is -0.00115. The lowest BCUT2D eigenvalue weighted by Gasteiger charge is -2.18. The standard InChI is InChI=1S/C30H28N6O/c1-3-5-29(37)33-22-12-21(16-32-17-22)19-7-8-26-25(13-19)30(36-35-26)28-14-24-23(20-6-4-9-31-15-20)10-18(2)11-27(24)34-28/h4,6-10,12-18,34H,3,5,11H2,1-2H3,(H,33,37)(H,35,36). The number of carbonyl (C=O) groups is 1. The van der Waals surface area contributed by atoms with Gasteiger partial charge >= 0.3 is 0 Å². The third kappa shape index (κ3) is 4.44. The molecule has 1 aliphatic carbocycles. The Balaban J connectivity index is 1.37. The summed E-state index contributed by atoms with van der Waals surface area (Å²) in [5.74, 6) is 0.424. The van der Waals surface area contributed by atoms with Gasteiger partial charge in [-0.3, -0.25) is 19.9 Å². The van der Waals surface area contributed by atoms with Crippen molar-refractivity contribution in [3.8, 4) is 22.5 Å². The number of hydrogen-bond donors (Lipinski definition) is 3. The number of allylic oxidation sites excluding steroid dienone is 1. The molecule has 6 rings (SSSR count). The average Bonchev–Trinajstić information content (AvgIpc) is 3.52. The van der Waals surface area contributed by atoms with E-state index >= 15 is 0 Å². The van der Waals surface area contributed by atoms with Gasteiger partial charge in [-0.2, -0.15) is 5.10 Å². The normalized spacial score (nSPS) is 14.9. The number of aromatic amines is 2. The number of pyridine rings is 2. The van der Waals surface area contributed by atoms with Crippen molar-refractivity contribution >= 4 is 28.1 Å². The van der Waals surface area contributed by atoms with Crippen LogP contribution in [0, 0.1) is 5.92 Å². The molecule has 1 amide bonds. The van der Waals surface area contributed by atoms with Crippen molar-refractivity contribution in [2.24, 2.45) is 5.92 Å². The van der Waals surface area contributed by atoms with Crippen LogP contribution in [0.25, 0.3) is 39.0 Å². The van der Waals surface area contributed by atoms with Crippen LogP contribution in [0.1, 0.15) is 43.5 Å². The number of hydrogen-bond acceptors (Lipinski definition) is 4. The summed E-state index contributed by atoms with van der Waals surface area (Å²) in [6, 6.07) is 14.5. The Hall–Kier alpha value is -4.52. The van der Waals surface area contributed by atoms with Gasteiger partial charge < -0.3 is 10.3 Å². The van der Waals surface area contributed by atoms with Gasteiger partial charge in [0, 0.05) is 52.8 Å². The maximum absolute atomic E-state index is 12.1. The van der Waals surface area contributed by atoms with Gasteiger partial charge in [0.1, 0.15) is 5.69 Å². The summed E-state index contributed by atoms with van der Waals surface area (Å²) in [7, 11) is 0. The highest BCUT2D eigenvalue weighted by Crippen LogP contribution is 2.38. The molecule has 3 N–H and O–H groups in total. The Labute approximate surface area is 215 Å². The molecule has 0 saturated heterocycles. The highest BCUT2D eigenvalue weighted by Gasteiger charge is 2.23. The van der Waals surface area contributed by atoms with Gasteiger partial charge in [0.25, 0.3) is 0 Å². The molecule has 5 aromatic rings. The first kappa shape index (κ1) is 22.9. The molecule has 0 aliphatic heterocycles. The SMILES string of the molecule is CCCC(=O)Nc1cncc(-c2ccc3[nH]nc(-c4cc5c([nH]4)CC(C)C=C5c4cccnc4)c3c2)c1. The molecule has 4 aromatic heterocycles. The molecular formula is C30H28N6O. The Morgan fingerprint density at radius 1 is 1.05 bits per heavy atom. The molecule has 0 fully saturated rings. The van der Waals surface area contributed by atoms with E-state index in [-0.39, 0.29) is 5.91 Å². The topological polar surface area (TPSA) is 99.4 Å². The summed E-state index contributed by atoms with van der Waals surface area (Å²) in [4.78, 5) is 24.4. The third-order valence-electron chi connectivity index (χ3n) is 6.79. The number of rotatable bonds is 6. The van der Waals surface area contributed by atoms with Gasteiger partial charge in [-0.1, -0.05) is 32.1 Å². The highest BCUT2D eigenvalue weighted by atomic mass is 16.1. The summed E-state index contributed by atoms with van der Waals surface area (Å²) in [5.41, 5.74) is 10.2. The third-order valence-corrected chi connectivity index (χ3v) is 6.79. The molecule has 0 saturated carbocycles. The minimum absolute atomic E-state index is 0.00115. The van der Waals surface area contributed by atoms with E-state index in [9.17, 15) is 4.79 Å². The lowest BCUT2D eigenvalue weighted by atomic mass is 9.87. The van der Waals surface area contributed by atoms with Crippen molar-refractivity contribution in [2.45, 2.75) is 33.1 Å². The monoisotopic (exact) mass is 488 g/mol. The number of carbonyl (C=O) groups excluding carboxylic acids is 1. The first-order valence-corrected chi connectivity index (χ1v) is 12.7. The van der Waals surface area contributed by atoms with Crippen molar-refractivity contribution in [3.63, 3.8) is 0 Å². The number of nitrogens with zero attached hydrogens (tertiary/aromatic N) is 3. The zero-order valence-electron chi connectivity index (χ0n) is 20.9. The van der Waals surface area contributed by atoms with Crippen molar-refractivity contribution in [1.29, 1.82) is 0 Å². The van der Waals surface area contributed by atoms with Gasteiger partial charge in [-0.25, -0.2) is 0 Å². The molecule has 0 radical (unpaired) electrons. The van der Waals surface area contributed by atoms with E-state index in [4.69, 9.17) is 0 Å². The van der Waals surface area contributed by atoms with Crippen LogP contribution in [0.4, 0.5) is 5.69 Å². The van der Waals surface area contributed by atoms with Crippen molar-refractivity contribution < 1.29 is 4.79 Å². The van der Waals surface area contributed by atoms with Crippen molar-refractivity contribution in [2.75, 3.05) is 5.32 Å². The second kappa shape index (κ2) is 9.50. The Morgan fingerprint density at radius 3 is 2.78 bits per heavy atom. The van der Waals surface area contributed by atoms with Gasteiger partial charge in [-0.05, 0) is 60.2 Å². The highest BCUT2D eigenvalue weighted by molar-refractivity contribution is 5.97. The first-order chi connectivity index (χ1) is 18.1. The van der Waals surface area contributed by atoms with E-state index in [0.717, 1.165) is 51.8 Å². The first-order valence-electron chi connectivity index (χ1n) is 12.7. The predicted molar refractivity (Wildman–Crippen MR) is 147 cm³/mol. The molecule has 184 valence electrons. The molecule has 4 heterocycles. The fourth-order valence-corrected chi connectivity index (χ4v) is 5.07. The summed E-state index contributed by atoms with van der Waals surface area (Å²) < 4.78 is 0. The maximum atomic E-state index is 12.1. The second-order valence-electron chi connectivity index (χ2n) is 9.67. The number of anilines is 1. The van der Waals surface area contributed by atoms with Gasteiger partial charge in [0.15, 0.2) is 0 Å².